The fraction of sp³-hybridized carbons (Fsp3) is 0.0909. The SMILES string of the molecule is CS(=O)(=O)c1ccc(NC(=O)c2ccc(Cl)nn2)cn1. The molecule has 104 valence electrons. The topological polar surface area (TPSA) is 102 Å². The average Bonchev–Trinajstić information content (AvgIpc) is 2.39. The van der Waals surface area contributed by atoms with Gasteiger partial charge in [-0.3, -0.25) is 4.79 Å². The standard InChI is InChI=1S/C11H9ClN4O3S/c1-20(18,19)10-5-2-7(6-13-10)14-11(17)8-3-4-9(12)16-15-8/h2-6H,1H3,(H,14,17). The number of amides is 1. The lowest BCUT2D eigenvalue weighted by molar-refractivity contribution is 0.102. The van der Waals surface area contributed by atoms with E-state index >= 15 is 0 Å². The van der Waals surface area contributed by atoms with Crippen LogP contribution in [0.3, 0.4) is 0 Å². The Hall–Kier alpha value is -2.06. The molecule has 0 aliphatic carbocycles. The lowest BCUT2D eigenvalue weighted by atomic mass is 10.3. The summed E-state index contributed by atoms with van der Waals surface area (Å²) in [5, 5.41) is 9.80. The molecular weight excluding hydrogens is 304 g/mol. The Morgan fingerprint density at radius 3 is 2.45 bits per heavy atom. The van der Waals surface area contributed by atoms with E-state index in [-0.39, 0.29) is 15.9 Å². The molecule has 1 N–H and O–H groups in total. The first-order valence-corrected chi connectivity index (χ1v) is 7.60. The van der Waals surface area contributed by atoms with Crippen LogP contribution in [0.25, 0.3) is 0 Å². The quantitative estimate of drug-likeness (QED) is 0.913. The molecule has 9 heteroatoms. The van der Waals surface area contributed by atoms with Gasteiger partial charge >= 0.3 is 0 Å². The normalized spacial score (nSPS) is 11.1. The van der Waals surface area contributed by atoms with Crippen molar-refractivity contribution < 1.29 is 13.2 Å². The fourth-order valence-electron chi connectivity index (χ4n) is 1.31. The summed E-state index contributed by atoms with van der Waals surface area (Å²) in [5.74, 6) is -0.497. The molecule has 2 aromatic heterocycles. The molecule has 0 radical (unpaired) electrons. The lowest BCUT2D eigenvalue weighted by Gasteiger charge is -2.04. The number of pyridine rings is 1. The van der Waals surface area contributed by atoms with Crippen LogP contribution in [0.2, 0.25) is 5.15 Å². The summed E-state index contributed by atoms with van der Waals surface area (Å²) >= 11 is 5.56. The van der Waals surface area contributed by atoms with Gasteiger partial charge in [0, 0.05) is 6.26 Å². The largest absolute Gasteiger partial charge is 0.319 e. The van der Waals surface area contributed by atoms with Gasteiger partial charge in [0.15, 0.2) is 25.7 Å². The predicted molar refractivity (Wildman–Crippen MR) is 72.3 cm³/mol. The summed E-state index contributed by atoms with van der Waals surface area (Å²) < 4.78 is 22.5. The van der Waals surface area contributed by atoms with Gasteiger partial charge in [0.2, 0.25) is 0 Å². The molecule has 0 fully saturated rings. The van der Waals surface area contributed by atoms with Crippen molar-refractivity contribution >= 4 is 33.0 Å². The van der Waals surface area contributed by atoms with Gasteiger partial charge in [-0.05, 0) is 24.3 Å². The second-order valence-corrected chi connectivity index (χ2v) is 6.20. The maximum Gasteiger partial charge on any atom is 0.276 e. The number of hydrogen-bond acceptors (Lipinski definition) is 6. The van der Waals surface area contributed by atoms with Crippen molar-refractivity contribution in [1.82, 2.24) is 15.2 Å². The Morgan fingerprint density at radius 2 is 1.95 bits per heavy atom. The summed E-state index contributed by atoms with van der Waals surface area (Å²) in [6.07, 6.45) is 2.30. The van der Waals surface area contributed by atoms with Crippen molar-refractivity contribution in [3.8, 4) is 0 Å². The summed E-state index contributed by atoms with van der Waals surface area (Å²) in [7, 11) is -3.37. The second-order valence-electron chi connectivity index (χ2n) is 3.85. The van der Waals surface area contributed by atoms with Crippen molar-refractivity contribution in [1.29, 1.82) is 0 Å². The minimum Gasteiger partial charge on any atom is -0.319 e. The number of rotatable bonds is 3. The Balaban J connectivity index is 2.14. The number of hydrogen-bond donors (Lipinski definition) is 1. The van der Waals surface area contributed by atoms with Crippen LogP contribution in [0.15, 0.2) is 35.5 Å². The Kier molecular flexibility index (Phi) is 3.96. The van der Waals surface area contributed by atoms with Crippen molar-refractivity contribution in [2.24, 2.45) is 0 Å². The van der Waals surface area contributed by atoms with Gasteiger partial charge in [-0.1, -0.05) is 11.6 Å². The van der Waals surface area contributed by atoms with Crippen molar-refractivity contribution in [2.75, 3.05) is 11.6 Å². The molecule has 2 aromatic rings. The van der Waals surface area contributed by atoms with Gasteiger partial charge in [-0.25, -0.2) is 13.4 Å². The van der Waals surface area contributed by atoms with E-state index in [1.54, 1.807) is 0 Å². The van der Waals surface area contributed by atoms with Crippen molar-refractivity contribution in [3.05, 3.63) is 41.3 Å². The van der Waals surface area contributed by atoms with E-state index in [1.807, 2.05) is 0 Å². The van der Waals surface area contributed by atoms with Crippen LogP contribution >= 0.6 is 11.6 Å². The highest BCUT2D eigenvalue weighted by Gasteiger charge is 2.11. The zero-order valence-corrected chi connectivity index (χ0v) is 11.8. The Bertz CT molecular complexity index is 729. The van der Waals surface area contributed by atoms with E-state index in [9.17, 15) is 13.2 Å². The highest BCUT2D eigenvalue weighted by molar-refractivity contribution is 7.90. The van der Waals surface area contributed by atoms with Gasteiger partial charge in [-0.2, -0.15) is 0 Å². The van der Waals surface area contributed by atoms with E-state index < -0.39 is 15.7 Å². The third-order valence-electron chi connectivity index (χ3n) is 2.24. The zero-order chi connectivity index (χ0) is 14.8. The van der Waals surface area contributed by atoms with Crippen LogP contribution < -0.4 is 5.32 Å². The van der Waals surface area contributed by atoms with Gasteiger partial charge in [0.1, 0.15) is 0 Å². The van der Waals surface area contributed by atoms with Crippen LogP contribution in [0.1, 0.15) is 10.5 Å². The maximum absolute atomic E-state index is 11.8. The number of nitrogens with zero attached hydrogens (tertiary/aromatic N) is 3. The monoisotopic (exact) mass is 312 g/mol. The summed E-state index contributed by atoms with van der Waals surface area (Å²) in [6, 6.07) is 5.60. The first-order chi connectivity index (χ1) is 9.36. The number of nitrogens with one attached hydrogen (secondary N) is 1. The van der Waals surface area contributed by atoms with Crippen LogP contribution in [-0.2, 0) is 9.84 Å². The van der Waals surface area contributed by atoms with E-state index in [1.165, 1.54) is 30.5 Å². The second kappa shape index (κ2) is 5.51. The number of halogens is 1. The highest BCUT2D eigenvalue weighted by atomic mass is 35.5. The zero-order valence-electron chi connectivity index (χ0n) is 10.2. The van der Waals surface area contributed by atoms with Crippen LogP contribution in [0, 0.1) is 0 Å². The first kappa shape index (κ1) is 14.4. The Labute approximate surface area is 119 Å². The molecule has 0 saturated heterocycles. The molecule has 7 nitrogen and oxygen atoms in total. The molecule has 0 aliphatic rings. The number of anilines is 1. The summed E-state index contributed by atoms with van der Waals surface area (Å²) in [4.78, 5) is 15.6. The maximum atomic E-state index is 11.8. The van der Waals surface area contributed by atoms with Crippen molar-refractivity contribution in [2.45, 2.75) is 5.03 Å². The van der Waals surface area contributed by atoms with E-state index in [4.69, 9.17) is 11.6 Å². The minimum atomic E-state index is -3.37. The van der Waals surface area contributed by atoms with Gasteiger partial charge in [0.25, 0.3) is 5.91 Å². The molecule has 0 atom stereocenters. The van der Waals surface area contributed by atoms with Crippen LogP contribution in [0.4, 0.5) is 5.69 Å². The molecule has 0 aromatic carbocycles. The summed E-state index contributed by atoms with van der Waals surface area (Å²) in [5.41, 5.74) is 0.431. The van der Waals surface area contributed by atoms with Gasteiger partial charge < -0.3 is 5.32 Å². The first-order valence-electron chi connectivity index (χ1n) is 5.33. The number of carbonyl (C=O) groups is 1. The molecule has 20 heavy (non-hydrogen) atoms. The van der Waals surface area contributed by atoms with E-state index in [0.29, 0.717) is 5.69 Å². The smallest absolute Gasteiger partial charge is 0.276 e. The predicted octanol–water partition coefficient (Wildman–Crippen LogP) is 1.18. The minimum absolute atomic E-state index is 0.0678. The molecule has 0 saturated carbocycles. The van der Waals surface area contributed by atoms with E-state index in [0.717, 1.165) is 6.26 Å². The third-order valence-corrected chi connectivity index (χ3v) is 3.44. The molecule has 2 rings (SSSR count). The van der Waals surface area contributed by atoms with Crippen LogP contribution in [-0.4, -0.2) is 35.8 Å². The Morgan fingerprint density at radius 1 is 1.20 bits per heavy atom. The highest BCUT2D eigenvalue weighted by Crippen LogP contribution is 2.11. The number of carbonyl (C=O) groups excluding carboxylic acids is 1. The molecule has 0 unspecified atom stereocenters. The molecule has 0 bridgehead atoms. The molecule has 1 amide bonds. The van der Waals surface area contributed by atoms with E-state index in [2.05, 4.69) is 20.5 Å². The van der Waals surface area contributed by atoms with Gasteiger partial charge in [0.05, 0.1) is 11.9 Å². The van der Waals surface area contributed by atoms with Crippen molar-refractivity contribution in [3.63, 3.8) is 0 Å². The average molecular weight is 313 g/mol. The third kappa shape index (κ3) is 3.49. The lowest BCUT2D eigenvalue weighted by Crippen LogP contribution is -2.14. The van der Waals surface area contributed by atoms with Gasteiger partial charge in [-0.15, -0.1) is 10.2 Å². The number of aromatic nitrogens is 3. The number of sulfone groups is 1. The molecule has 2 heterocycles. The molecular formula is C11H9ClN4O3S. The van der Waals surface area contributed by atoms with Crippen LogP contribution in [0.5, 0.6) is 0 Å². The fourth-order valence-corrected chi connectivity index (χ4v) is 1.97. The molecule has 0 aliphatic heterocycles. The molecule has 0 spiro atoms. The summed E-state index contributed by atoms with van der Waals surface area (Å²) in [6.45, 7) is 0.